The maximum Gasteiger partial charge on any atom is 0.317 e. The number of rotatable bonds is 5. The number of nitrogens with one attached hydrogen (secondary N) is 2. The smallest absolute Gasteiger partial charge is 0.317 e. The second-order valence-corrected chi connectivity index (χ2v) is 10.1. The van der Waals surface area contributed by atoms with E-state index in [4.69, 9.17) is 23.2 Å². The van der Waals surface area contributed by atoms with Crippen molar-refractivity contribution in [2.24, 2.45) is 5.92 Å². The van der Waals surface area contributed by atoms with Crippen LogP contribution in [0.15, 0.2) is 18.2 Å². The molecule has 0 radical (unpaired) electrons. The van der Waals surface area contributed by atoms with Crippen molar-refractivity contribution < 1.29 is 9.59 Å². The topological polar surface area (TPSA) is 61.4 Å². The first-order chi connectivity index (χ1) is 14.4. The molecule has 2 bridgehead atoms. The third kappa shape index (κ3) is 5.05. The number of likely N-dealkylation sites (tertiary alicyclic amines) is 1. The summed E-state index contributed by atoms with van der Waals surface area (Å²) in [5, 5.41) is 7.45. The molecule has 2 aliphatic carbocycles. The molecule has 4 rings (SSSR count). The van der Waals surface area contributed by atoms with Crippen molar-refractivity contribution >= 4 is 35.1 Å². The Balaban J connectivity index is 1.30. The first kappa shape index (κ1) is 21.8. The third-order valence-electron chi connectivity index (χ3n) is 7.12. The Kier molecular flexibility index (Phi) is 6.78. The molecule has 3 fully saturated rings. The Bertz CT molecular complexity index is 791. The van der Waals surface area contributed by atoms with Gasteiger partial charge in [0.1, 0.15) is 0 Å². The molecule has 3 amide bonds. The molecule has 7 heteroatoms. The Morgan fingerprint density at radius 2 is 1.87 bits per heavy atom. The summed E-state index contributed by atoms with van der Waals surface area (Å²) in [6.45, 7) is 1.03. The molecule has 0 aromatic heterocycles. The van der Waals surface area contributed by atoms with E-state index in [0.29, 0.717) is 29.6 Å². The van der Waals surface area contributed by atoms with Gasteiger partial charge < -0.3 is 15.5 Å². The van der Waals surface area contributed by atoms with Crippen molar-refractivity contribution in [1.29, 1.82) is 0 Å². The molecule has 2 N–H and O–H groups in total. The van der Waals surface area contributed by atoms with Gasteiger partial charge in [0, 0.05) is 41.1 Å². The molecule has 1 saturated heterocycles. The van der Waals surface area contributed by atoms with Crippen molar-refractivity contribution in [1.82, 2.24) is 15.5 Å². The van der Waals surface area contributed by atoms with Gasteiger partial charge in [-0.25, -0.2) is 4.79 Å². The number of halogens is 2. The normalized spacial score (nSPS) is 28.3. The molecular weight excluding hydrogens is 421 g/mol. The zero-order chi connectivity index (χ0) is 21.1. The fraction of sp³-hybridized carbons (Fsp3) is 0.652. The van der Waals surface area contributed by atoms with Gasteiger partial charge in [-0.15, -0.1) is 0 Å². The fourth-order valence-electron chi connectivity index (χ4n) is 5.68. The molecule has 164 valence electrons. The summed E-state index contributed by atoms with van der Waals surface area (Å²) in [5.74, 6) is 0.879. The van der Waals surface area contributed by atoms with Gasteiger partial charge in [0.05, 0.1) is 0 Å². The van der Waals surface area contributed by atoms with Crippen molar-refractivity contribution in [3.05, 3.63) is 33.8 Å². The summed E-state index contributed by atoms with van der Waals surface area (Å²) in [6.07, 6.45) is 10.6. The highest BCUT2D eigenvalue weighted by molar-refractivity contribution is 6.35. The van der Waals surface area contributed by atoms with Crippen LogP contribution in [0.3, 0.4) is 0 Å². The number of fused-ring (bicyclic) bond motifs is 2. The molecule has 1 aromatic carbocycles. The number of amides is 3. The maximum atomic E-state index is 12.9. The van der Waals surface area contributed by atoms with Crippen LogP contribution >= 0.6 is 23.2 Å². The van der Waals surface area contributed by atoms with Crippen molar-refractivity contribution in [3.8, 4) is 0 Å². The molecule has 0 spiro atoms. The minimum Gasteiger partial charge on any atom is -0.351 e. The zero-order valence-electron chi connectivity index (χ0n) is 17.4. The molecule has 1 atom stereocenters. The summed E-state index contributed by atoms with van der Waals surface area (Å²) >= 11 is 12.1. The van der Waals surface area contributed by atoms with Gasteiger partial charge in [-0.3, -0.25) is 4.79 Å². The molecule has 3 aliphatic rings. The molecule has 1 unspecified atom stereocenters. The van der Waals surface area contributed by atoms with Crippen LogP contribution in [0.2, 0.25) is 10.0 Å². The van der Waals surface area contributed by atoms with Crippen LogP contribution in [0.1, 0.15) is 69.8 Å². The number of carbonyl (C=O) groups excluding carboxylic acids is 2. The van der Waals surface area contributed by atoms with Crippen LogP contribution in [-0.4, -0.2) is 35.0 Å². The van der Waals surface area contributed by atoms with E-state index in [1.165, 1.54) is 25.7 Å². The summed E-state index contributed by atoms with van der Waals surface area (Å²) < 4.78 is 0. The lowest BCUT2D eigenvalue weighted by molar-refractivity contribution is -0.125. The Morgan fingerprint density at radius 1 is 1.10 bits per heavy atom. The van der Waals surface area contributed by atoms with Gasteiger partial charge >= 0.3 is 6.03 Å². The quantitative estimate of drug-likeness (QED) is 0.638. The fourth-order valence-corrected chi connectivity index (χ4v) is 6.15. The highest BCUT2D eigenvalue weighted by Gasteiger charge is 2.41. The predicted octanol–water partition coefficient (Wildman–Crippen LogP) is 5.29. The number of carbonyl (C=O) groups is 2. The molecule has 1 aliphatic heterocycles. The highest BCUT2D eigenvalue weighted by atomic mass is 35.5. The van der Waals surface area contributed by atoms with Gasteiger partial charge in [-0.05, 0) is 55.7 Å². The van der Waals surface area contributed by atoms with Gasteiger partial charge in [0.15, 0.2) is 0 Å². The number of hydrogen-bond donors (Lipinski definition) is 2. The summed E-state index contributed by atoms with van der Waals surface area (Å²) in [6, 6.07) is 5.09. The lowest BCUT2D eigenvalue weighted by atomic mass is 9.67. The molecule has 1 heterocycles. The molecule has 5 nitrogen and oxygen atoms in total. The summed E-state index contributed by atoms with van der Waals surface area (Å²) in [7, 11) is 0. The van der Waals surface area contributed by atoms with Crippen molar-refractivity contribution in [3.63, 3.8) is 0 Å². The maximum absolute atomic E-state index is 12.9. The van der Waals surface area contributed by atoms with Crippen LogP contribution < -0.4 is 10.6 Å². The number of nitrogens with zero attached hydrogens (tertiary/aromatic N) is 1. The summed E-state index contributed by atoms with van der Waals surface area (Å²) in [4.78, 5) is 27.5. The van der Waals surface area contributed by atoms with Crippen molar-refractivity contribution in [2.75, 3.05) is 6.54 Å². The Hall–Kier alpha value is -1.46. The Labute approximate surface area is 188 Å². The Morgan fingerprint density at radius 3 is 2.60 bits per heavy atom. The molecule has 1 aromatic rings. The van der Waals surface area contributed by atoms with Gasteiger partial charge in [-0.2, -0.15) is 0 Å². The second-order valence-electron chi connectivity index (χ2n) is 9.27. The molecular formula is C23H31Cl2N3O2. The minimum absolute atomic E-state index is 0.00920. The monoisotopic (exact) mass is 451 g/mol. The van der Waals surface area contributed by atoms with E-state index in [0.717, 1.165) is 43.6 Å². The van der Waals surface area contributed by atoms with Crippen LogP contribution in [0, 0.1) is 5.92 Å². The lowest BCUT2D eigenvalue weighted by Crippen LogP contribution is -2.54. The predicted molar refractivity (Wildman–Crippen MR) is 120 cm³/mol. The first-order valence-electron chi connectivity index (χ1n) is 11.2. The molecule has 2 saturated carbocycles. The highest BCUT2D eigenvalue weighted by Crippen LogP contribution is 2.42. The van der Waals surface area contributed by atoms with E-state index >= 15 is 0 Å². The first-order valence-corrected chi connectivity index (χ1v) is 12.0. The zero-order valence-corrected chi connectivity index (χ0v) is 18.9. The number of hydrogen-bond acceptors (Lipinski definition) is 2. The van der Waals surface area contributed by atoms with Crippen molar-refractivity contribution in [2.45, 2.75) is 82.3 Å². The van der Waals surface area contributed by atoms with Crippen LogP contribution in [0.4, 0.5) is 4.79 Å². The second kappa shape index (κ2) is 9.35. The SMILES string of the molecule is O=C(CC1CCCN1C(=O)NCc1ccc(Cl)cc1Cl)NC12CCCC(CCC1)C2. The summed E-state index contributed by atoms with van der Waals surface area (Å²) in [5.41, 5.74) is 0.834. The van der Waals surface area contributed by atoms with E-state index in [2.05, 4.69) is 10.6 Å². The largest absolute Gasteiger partial charge is 0.351 e. The average molecular weight is 452 g/mol. The van der Waals surface area contributed by atoms with E-state index in [9.17, 15) is 9.59 Å². The average Bonchev–Trinajstić information content (AvgIpc) is 3.15. The number of benzene rings is 1. The van der Waals surface area contributed by atoms with E-state index in [1.54, 1.807) is 12.1 Å². The minimum atomic E-state index is -0.134. The van der Waals surface area contributed by atoms with Crippen LogP contribution in [0.5, 0.6) is 0 Å². The third-order valence-corrected chi connectivity index (χ3v) is 7.71. The van der Waals surface area contributed by atoms with E-state index in [1.807, 2.05) is 11.0 Å². The van der Waals surface area contributed by atoms with E-state index < -0.39 is 0 Å². The van der Waals surface area contributed by atoms with E-state index in [-0.39, 0.29) is 23.5 Å². The van der Waals surface area contributed by atoms with Gasteiger partial charge in [0.25, 0.3) is 0 Å². The van der Waals surface area contributed by atoms with Crippen LogP contribution in [-0.2, 0) is 11.3 Å². The lowest BCUT2D eigenvalue weighted by Gasteiger charge is -2.46. The van der Waals surface area contributed by atoms with Crippen LogP contribution in [0.25, 0.3) is 0 Å². The van der Waals surface area contributed by atoms with Gasteiger partial charge in [0.2, 0.25) is 5.91 Å². The standard InChI is InChI=1S/C23H31Cl2N3O2/c24-18-8-7-17(20(25)12-18)15-26-22(30)28-11-3-6-19(28)13-21(29)27-23-9-1-4-16(14-23)5-2-10-23/h7-8,12,16,19H,1-6,9-11,13-15H2,(H,26,30)(H,27,29). The van der Waals surface area contributed by atoms with Gasteiger partial charge in [-0.1, -0.05) is 55.0 Å². The number of urea groups is 1. The molecule has 30 heavy (non-hydrogen) atoms.